The molecule has 1 fully saturated rings. The quantitative estimate of drug-likeness (QED) is 0.532. The summed E-state index contributed by atoms with van der Waals surface area (Å²) < 4.78 is 7.36. The molecule has 4 aromatic rings. The number of carbonyl (C=O) groups excluding carboxylic acids is 1. The fourth-order valence-corrected chi connectivity index (χ4v) is 4.00. The van der Waals surface area contributed by atoms with Gasteiger partial charge in [0.1, 0.15) is 6.33 Å². The van der Waals surface area contributed by atoms with Crippen LogP contribution in [0.15, 0.2) is 71.9 Å². The van der Waals surface area contributed by atoms with E-state index in [1.54, 1.807) is 12.3 Å². The highest BCUT2D eigenvalue weighted by atomic mass is 16.5. The largest absolute Gasteiger partial charge is 0.355 e. The Kier molecular flexibility index (Phi) is 5.26. The Labute approximate surface area is 179 Å². The van der Waals surface area contributed by atoms with E-state index in [4.69, 9.17) is 4.52 Å². The zero-order valence-electron chi connectivity index (χ0n) is 16.9. The van der Waals surface area contributed by atoms with Crippen molar-refractivity contribution < 1.29 is 9.32 Å². The van der Waals surface area contributed by atoms with E-state index in [0.29, 0.717) is 17.5 Å². The van der Waals surface area contributed by atoms with Crippen LogP contribution in [0.25, 0.3) is 22.6 Å². The molecule has 1 N–H and O–H groups in total. The molecule has 5 rings (SSSR count). The van der Waals surface area contributed by atoms with Gasteiger partial charge in [-0.25, -0.2) is 9.97 Å². The highest BCUT2D eigenvalue weighted by Crippen LogP contribution is 2.29. The molecule has 0 aliphatic heterocycles. The van der Waals surface area contributed by atoms with Crippen molar-refractivity contribution in [1.82, 2.24) is 30.2 Å². The number of benzene rings is 1. The van der Waals surface area contributed by atoms with Gasteiger partial charge in [0.05, 0.1) is 17.9 Å². The van der Waals surface area contributed by atoms with Crippen molar-refractivity contribution in [3.8, 4) is 22.6 Å². The number of amides is 1. The first kappa shape index (κ1) is 19.2. The number of aromatic nitrogens is 5. The number of hydrogen-bond donors (Lipinski definition) is 1. The zero-order chi connectivity index (χ0) is 21.0. The van der Waals surface area contributed by atoms with Gasteiger partial charge in [-0.1, -0.05) is 35.5 Å². The van der Waals surface area contributed by atoms with Crippen LogP contribution in [0.1, 0.15) is 42.2 Å². The minimum Gasteiger partial charge on any atom is -0.355 e. The van der Waals surface area contributed by atoms with Gasteiger partial charge in [0, 0.05) is 35.6 Å². The Morgan fingerprint density at radius 1 is 1.06 bits per heavy atom. The van der Waals surface area contributed by atoms with Gasteiger partial charge in [-0.05, 0) is 31.7 Å². The third kappa shape index (κ3) is 4.23. The van der Waals surface area contributed by atoms with Crippen LogP contribution in [0.4, 0.5) is 0 Å². The molecule has 0 bridgehead atoms. The monoisotopic (exact) mass is 414 g/mol. The van der Waals surface area contributed by atoms with Gasteiger partial charge in [-0.2, -0.15) is 5.10 Å². The number of carbonyl (C=O) groups is 1. The molecule has 3 heterocycles. The van der Waals surface area contributed by atoms with Gasteiger partial charge in [0.25, 0.3) is 5.91 Å². The maximum absolute atomic E-state index is 12.6. The van der Waals surface area contributed by atoms with Crippen molar-refractivity contribution in [1.29, 1.82) is 0 Å². The van der Waals surface area contributed by atoms with E-state index < -0.39 is 0 Å². The predicted molar refractivity (Wildman–Crippen MR) is 114 cm³/mol. The topological polar surface area (TPSA) is 98.7 Å². The molecular weight excluding hydrogens is 392 g/mol. The molecule has 0 spiro atoms. The Morgan fingerprint density at radius 3 is 2.68 bits per heavy atom. The van der Waals surface area contributed by atoms with E-state index in [-0.39, 0.29) is 11.9 Å². The van der Waals surface area contributed by atoms with Crippen LogP contribution in [0.2, 0.25) is 0 Å². The smallest absolute Gasteiger partial charge is 0.273 e. The number of nitrogens with one attached hydrogen (secondary N) is 1. The highest BCUT2D eigenvalue weighted by molar-refractivity contribution is 5.93. The average Bonchev–Trinajstić information content (AvgIpc) is 3.51. The Morgan fingerprint density at radius 2 is 1.90 bits per heavy atom. The second-order valence-electron chi connectivity index (χ2n) is 7.72. The molecule has 3 aromatic heterocycles. The van der Waals surface area contributed by atoms with Gasteiger partial charge in [0.15, 0.2) is 11.5 Å². The molecule has 0 saturated heterocycles. The van der Waals surface area contributed by atoms with Crippen molar-refractivity contribution in [2.75, 3.05) is 0 Å². The number of rotatable bonds is 5. The molecule has 31 heavy (non-hydrogen) atoms. The van der Waals surface area contributed by atoms with E-state index in [2.05, 4.69) is 25.5 Å². The van der Waals surface area contributed by atoms with Crippen LogP contribution in [0, 0.1) is 0 Å². The van der Waals surface area contributed by atoms with Crippen LogP contribution < -0.4 is 5.32 Å². The summed E-state index contributed by atoms with van der Waals surface area (Å²) in [4.78, 5) is 20.8. The van der Waals surface area contributed by atoms with Gasteiger partial charge >= 0.3 is 0 Å². The van der Waals surface area contributed by atoms with Crippen LogP contribution >= 0.6 is 0 Å². The number of nitrogens with zero attached hydrogens (tertiary/aromatic N) is 5. The Hall–Kier alpha value is -3.81. The number of hydrogen-bond acceptors (Lipinski definition) is 6. The standard InChI is InChI=1S/C23H22N6O2/c30-23(21-12-22(31-28-21)16-4-2-1-3-5-16)27-18-6-8-19(9-7-18)29-14-17(13-26-29)20-10-11-24-15-25-20/h1-5,10-15,18-19H,6-9H2,(H,27,30). The van der Waals surface area contributed by atoms with Gasteiger partial charge in [-0.3, -0.25) is 9.48 Å². The van der Waals surface area contributed by atoms with E-state index in [9.17, 15) is 4.79 Å². The van der Waals surface area contributed by atoms with Crippen molar-refractivity contribution in [2.45, 2.75) is 37.8 Å². The summed E-state index contributed by atoms with van der Waals surface area (Å²) >= 11 is 0. The highest BCUT2D eigenvalue weighted by Gasteiger charge is 2.25. The normalized spacial score (nSPS) is 18.6. The predicted octanol–water partition coefficient (Wildman–Crippen LogP) is 3.91. The van der Waals surface area contributed by atoms with Crippen molar-refractivity contribution in [2.24, 2.45) is 0 Å². The van der Waals surface area contributed by atoms with E-state index in [1.165, 1.54) is 6.33 Å². The lowest BCUT2D eigenvalue weighted by Gasteiger charge is -2.29. The van der Waals surface area contributed by atoms with Crippen LogP contribution in [-0.4, -0.2) is 36.9 Å². The lowest BCUT2D eigenvalue weighted by molar-refractivity contribution is 0.0912. The second-order valence-corrected chi connectivity index (χ2v) is 7.72. The summed E-state index contributed by atoms with van der Waals surface area (Å²) in [7, 11) is 0. The molecule has 0 unspecified atom stereocenters. The maximum atomic E-state index is 12.6. The summed E-state index contributed by atoms with van der Waals surface area (Å²) in [5, 5.41) is 11.6. The molecule has 8 heteroatoms. The summed E-state index contributed by atoms with van der Waals surface area (Å²) in [6, 6.07) is 13.6. The second kappa shape index (κ2) is 8.51. The van der Waals surface area contributed by atoms with Gasteiger partial charge in [0.2, 0.25) is 0 Å². The molecule has 1 aliphatic carbocycles. The third-order valence-corrected chi connectivity index (χ3v) is 5.69. The summed E-state index contributed by atoms with van der Waals surface area (Å²) in [5.74, 6) is 0.396. The molecule has 1 saturated carbocycles. The van der Waals surface area contributed by atoms with E-state index in [0.717, 1.165) is 42.5 Å². The zero-order valence-corrected chi connectivity index (χ0v) is 16.9. The van der Waals surface area contributed by atoms with Crippen LogP contribution in [0.5, 0.6) is 0 Å². The Bertz CT molecular complexity index is 1150. The van der Waals surface area contributed by atoms with E-state index in [1.807, 2.05) is 53.5 Å². The van der Waals surface area contributed by atoms with Gasteiger partial charge in [-0.15, -0.1) is 0 Å². The van der Waals surface area contributed by atoms with E-state index >= 15 is 0 Å². The lowest BCUT2D eigenvalue weighted by atomic mass is 9.91. The fourth-order valence-electron chi connectivity index (χ4n) is 4.00. The molecule has 0 atom stereocenters. The first-order chi connectivity index (χ1) is 15.3. The molecule has 8 nitrogen and oxygen atoms in total. The van der Waals surface area contributed by atoms with Crippen molar-refractivity contribution >= 4 is 5.91 Å². The summed E-state index contributed by atoms with van der Waals surface area (Å²) in [5.41, 5.74) is 3.06. The van der Waals surface area contributed by atoms with Crippen molar-refractivity contribution in [3.63, 3.8) is 0 Å². The fraction of sp³-hybridized carbons (Fsp3) is 0.261. The SMILES string of the molecule is O=C(NC1CCC(n2cc(-c3ccncn3)cn2)CC1)c1cc(-c2ccccc2)on1. The van der Waals surface area contributed by atoms with Gasteiger partial charge < -0.3 is 9.84 Å². The molecule has 1 aliphatic rings. The summed E-state index contributed by atoms with van der Waals surface area (Å²) in [6.07, 6.45) is 10.8. The van der Waals surface area contributed by atoms with Crippen LogP contribution in [0.3, 0.4) is 0 Å². The van der Waals surface area contributed by atoms with Crippen molar-refractivity contribution in [3.05, 3.63) is 73.1 Å². The minimum absolute atomic E-state index is 0.123. The first-order valence-corrected chi connectivity index (χ1v) is 10.4. The summed E-state index contributed by atoms with van der Waals surface area (Å²) in [6.45, 7) is 0. The molecular formula is C23H22N6O2. The lowest BCUT2D eigenvalue weighted by Crippen LogP contribution is -2.38. The molecule has 0 radical (unpaired) electrons. The van der Waals surface area contributed by atoms with Crippen LogP contribution in [-0.2, 0) is 0 Å². The maximum Gasteiger partial charge on any atom is 0.273 e. The Balaban J connectivity index is 1.17. The first-order valence-electron chi connectivity index (χ1n) is 10.4. The average molecular weight is 414 g/mol. The molecule has 1 aromatic carbocycles. The third-order valence-electron chi connectivity index (χ3n) is 5.69. The molecule has 156 valence electrons. The minimum atomic E-state index is -0.195. The molecule has 1 amide bonds.